The quantitative estimate of drug-likeness (QED) is 0.741. The number of nitrogens with zero attached hydrogens (tertiary/aromatic N) is 4. The first-order valence-corrected chi connectivity index (χ1v) is 11.7. The summed E-state index contributed by atoms with van der Waals surface area (Å²) in [6, 6.07) is 1.72. The van der Waals surface area contributed by atoms with E-state index in [2.05, 4.69) is 43.0 Å². The van der Waals surface area contributed by atoms with Gasteiger partial charge in [0.25, 0.3) is 0 Å². The van der Waals surface area contributed by atoms with Gasteiger partial charge >= 0.3 is 0 Å². The lowest BCUT2D eigenvalue weighted by atomic mass is 9.70. The first-order chi connectivity index (χ1) is 13.8. The fraction of sp³-hybridized carbons (Fsp3) is 0.792. The van der Waals surface area contributed by atoms with Crippen molar-refractivity contribution in [2.45, 2.75) is 90.8 Å². The first-order valence-electron chi connectivity index (χ1n) is 11.7. The number of hydrogen-bond donors (Lipinski definition) is 0. The Morgan fingerprint density at radius 1 is 1.00 bits per heavy atom. The van der Waals surface area contributed by atoms with E-state index in [4.69, 9.17) is 9.97 Å². The van der Waals surface area contributed by atoms with E-state index in [0.29, 0.717) is 35.7 Å². The van der Waals surface area contributed by atoms with Crippen LogP contribution in [0.4, 0.5) is 5.95 Å². The van der Waals surface area contributed by atoms with Crippen LogP contribution in [0.25, 0.3) is 0 Å². The number of ketones is 1. The molecule has 0 spiro atoms. The fourth-order valence-corrected chi connectivity index (χ4v) is 5.91. The molecule has 5 nitrogen and oxygen atoms in total. The van der Waals surface area contributed by atoms with E-state index in [-0.39, 0.29) is 11.8 Å². The minimum absolute atomic E-state index is 0.146. The third kappa shape index (κ3) is 4.08. The van der Waals surface area contributed by atoms with Crippen molar-refractivity contribution >= 4 is 11.7 Å². The van der Waals surface area contributed by atoms with Crippen LogP contribution in [0.2, 0.25) is 0 Å². The molecular weight excluding hydrogens is 360 g/mol. The van der Waals surface area contributed by atoms with Gasteiger partial charge < -0.3 is 4.90 Å². The molecule has 5 heteroatoms. The van der Waals surface area contributed by atoms with Gasteiger partial charge in [-0.25, -0.2) is 9.97 Å². The van der Waals surface area contributed by atoms with Crippen molar-refractivity contribution in [3.63, 3.8) is 0 Å². The predicted molar refractivity (Wildman–Crippen MR) is 117 cm³/mol. The Morgan fingerprint density at radius 2 is 1.62 bits per heavy atom. The molecule has 160 valence electrons. The van der Waals surface area contributed by atoms with Crippen LogP contribution in [0, 0.1) is 17.8 Å². The number of carbonyl (C=O) groups is 1. The largest absolute Gasteiger partial charge is 0.332 e. The van der Waals surface area contributed by atoms with Gasteiger partial charge in [0, 0.05) is 55.4 Å². The molecule has 3 aliphatic rings. The second-order valence-electron chi connectivity index (χ2n) is 10.3. The van der Waals surface area contributed by atoms with Crippen LogP contribution in [0.3, 0.4) is 0 Å². The van der Waals surface area contributed by atoms with E-state index in [1.807, 2.05) is 13.8 Å². The summed E-state index contributed by atoms with van der Waals surface area (Å²) in [5.74, 6) is 2.68. The lowest BCUT2D eigenvalue weighted by molar-refractivity contribution is -0.128. The molecule has 2 saturated heterocycles. The average Bonchev–Trinajstić information content (AvgIpc) is 2.96. The van der Waals surface area contributed by atoms with Gasteiger partial charge in [0.05, 0.1) is 0 Å². The summed E-state index contributed by atoms with van der Waals surface area (Å²) in [5.41, 5.74) is 1.25. The third-order valence-electron chi connectivity index (χ3n) is 7.71. The van der Waals surface area contributed by atoms with Gasteiger partial charge in [-0.1, -0.05) is 20.8 Å². The molecule has 1 aromatic rings. The Bertz CT molecular complexity index is 702. The highest BCUT2D eigenvalue weighted by Crippen LogP contribution is 2.41. The maximum Gasteiger partial charge on any atom is 0.225 e. The number of hydrogen-bond acceptors (Lipinski definition) is 5. The van der Waals surface area contributed by atoms with Crippen molar-refractivity contribution in [2.24, 2.45) is 17.8 Å². The van der Waals surface area contributed by atoms with Crippen LogP contribution in [0.5, 0.6) is 0 Å². The minimum atomic E-state index is 0.146. The number of likely N-dealkylation sites (tertiary alicyclic amines) is 1. The Morgan fingerprint density at radius 3 is 2.14 bits per heavy atom. The van der Waals surface area contributed by atoms with Crippen molar-refractivity contribution in [1.29, 1.82) is 0 Å². The molecule has 5 unspecified atom stereocenters. The topological polar surface area (TPSA) is 49.3 Å². The number of fused-ring (bicyclic) bond motifs is 2. The van der Waals surface area contributed by atoms with Crippen LogP contribution in [0.1, 0.15) is 78.2 Å². The lowest BCUT2D eigenvalue weighted by Gasteiger charge is -2.42. The summed E-state index contributed by atoms with van der Waals surface area (Å²) >= 11 is 0. The molecule has 0 amide bonds. The monoisotopic (exact) mass is 398 g/mol. The number of anilines is 1. The summed E-state index contributed by atoms with van der Waals surface area (Å²) < 4.78 is 0. The summed E-state index contributed by atoms with van der Waals surface area (Å²) in [7, 11) is 0. The molecule has 1 saturated carbocycles. The highest BCUT2D eigenvalue weighted by molar-refractivity contribution is 5.83. The van der Waals surface area contributed by atoms with Crippen LogP contribution >= 0.6 is 0 Å². The molecule has 3 fully saturated rings. The average molecular weight is 399 g/mol. The second-order valence-corrected chi connectivity index (χ2v) is 10.3. The van der Waals surface area contributed by atoms with Crippen molar-refractivity contribution in [1.82, 2.24) is 14.9 Å². The SMILES string of the molecule is CC(C)C(=O)C1CCC(c2cnc(N3C4CCC3CN(C(C)C)C4)nc2)CC1C. The maximum atomic E-state index is 12.5. The molecule has 5 atom stereocenters. The molecule has 1 aliphatic carbocycles. The number of rotatable bonds is 5. The van der Waals surface area contributed by atoms with Crippen LogP contribution in [-0.4, -0.2) is 51.9 Å². The summed E-state index contributed by atoms with van der Waals surface area (Å²) in [6.07, 6.45) is 9.80. The van der Waals surface area contributed by atoms with Crippen LogP contribution in [0.15, 0.2) is 12.4 Å². The normalized spacial score (nSPS) is 32.9. The summed E-state index contributed by atoms with van der Waals surface area (Å²) in [4.78, 5) is 27.2. The zero-order chi connectivity index (χ0) is 20.7. The predicted octanol–water partition coefficient (Wildman–Crippen LogP) is 4.28. The van der Waals surface area contributed by atoms with Gasteiger partial charge in [-0.05, 0) is 63.4 Å². The second kappa shape index (κ2) is 8.33. The van der Waals surface area contributed by atoms with E-state index >= 15 is 0 Å². The standard InChI is InChI=1S/C24H38N4O/c1-15(2)23(29)22-9-6-18(10-17(22)5)19-11-25-24(26-12-19)28-20-7-8-21(28)14-27(13-20)16(3)4/h11-12,15-18,20-22H,6-10,13-14H2,1-5H3. The van der Waals surface area contributed by atoms with Crippen molar-refractivity contribution < 1.29 is 4.79 Å². The van der Waals surface area contributed by atoms with Gasteiger partial charge in [0.2, 0.25) is 5.95 Å². The number of carbonyl (C=O) groups excluding carboxylic acids is 1. The van der Waals surface area contributed by atoms with Crippen molar-refractivity contribution in [2.75, 3.05) is 18.0 Å². The third-order valence-corrected chi connectivity index (χ3v) is 7.71. The minimum Gasteiger partial charge on any atom is -0.332 e. The van der Waals surface area contributed by atoms with Crippen LogP contribution in [-0.2, 0) is 4.79 Å². The molecule has 29 heavy (non-hydrogen) atoms. The first kappa shape index (κ1) is 20.8. The van der Waals surface area contributed by atoms with E-state index < -0.39 is 0 Å². The Labute approximate surface area is 176 Å². The number of aromatic nitrogens is 2. The fourth-order valence-electron chi connectivity index (χ4n) is 5.91. The zero-order valence-electron chi connectivity index (χ0n) is 18.8. The van der Waals surface area contributed by atoms with E-state index in [1.54, 1.807) is 0 Å². The lowest BCUT2D eigenvalue weighted by Crippen LogP contribution is -2.56. The zero-order valence-corrected chi connectivity index (χ0v) is 18.8. The van der Waals surface area contributed by atoms with E-state index in [1.165, 1.54) is 18.4 Å². The van der Waals surface area contributed by atoms with Gasteiger partial charge in [-0.15, -0.1) is 0 Å². The van der Waals surface area contributed by atoms with E-state index in [9.17, 15) is 4.79 Å². The molecule has 0 aromatic carbocycles. The van der Waals surface area contributed by atoms with Crippen molar-refractivity contribution in [3.8, 4) is 0 Å². The molecule has 2 aliphatic heterocycles. The molecule has 2 bridgehead atoms. The number of piperazine rings is 1. The van der Waals surface area contributed by atoms with E-state index in [0.717, 1.165) is 38.3 Å². The maximum absolute atomic E-state index is 12.5. The molecule has 1 aromatic heterocycles. The van der Waals surface area contributed by atoms with Gasteiger partial charge in [-0.2, -0.15) is 0 Å². The molecule has 0 radical (unpaired) electrons. The highest BCUT2D eigenvalue weighted by atomic mass is 16.1. The Kier molecular flexibility index (Phi) is 5.97. The molecule has 3 heterocycles. The Balaban J connectivity index is 1.41. The molecule has 0 N–H and O–H groups in total. The van der Waals surface area contributed by atoms with Gasteiger partial charge in [0.1, 0.15) is 5.78 Å². The Hall–Kier alpha value is -1.49. The van der Waals surface area contributed by atoms with Gasteiger partial charge in [0.15, 0.2) is 0 Å². The summed E-state index contributed by atoms with van der Waals surface area (Å²) in [5, 5.41) is 0. The van der Waals surface area contributed by atoms with Crippen molar-refractivity contribution in [3.05, 3.63) is 18.0 Å². The van der Waals surface area contributed by atoms with Crippen LogP contribution < -0.4 is 4.90 Å². The summed E-state index contributed by atoms with van der Waals surface area (Å²) in [6.45, 7) is 13.2. The number of Topliss-reactive ketones (excluding diaryl/α,β-unsaturated/α-hetero) is 1. The smallest absolute Gasteiger partial charge is 0.225 e. The molecule has 4 rings (SSSR count). The molecular formula is C24H38N4O. The van der Waals surface area contributed by atoms with Gasteiger partial charge in [-0.3, -0.25) is 9.69 Å². The highest BCUT2D eigenvalue weighted by Gasteiger charge is 2.42.